The number of hydrogen-bond acceptors (Lipinski definition) is 1. The van der Waals surface area contributed by atoms with Crippen molar-refractivity contribution in [1.82, 2.24) is 0 Å². The van der Waals surface area contributed by atoms with Gasteiger partial charge in [-0.25, -0.2) is 0 Å². The third-order valence-electron chi connectivity index (χ3n) is 2.06. The van der Waals surface area contributed by atoms with Gasteiger partial charge in [-0.2, -0.15) is 0 Å². The third-order valence-corrected chi connectivity index (χ3v) is 5.20. The van der Waals surface area contributed by atoms with E-state index in [2.05, 4.69) is 35.6 Å². The Morgan fingerprint density at radius 1 is 1.21 bits per heavy atom. The highest BCUT2D eigenvalue weighted by Gasteiger charge is 2.30. The van der Waals surface area contributed by atoms with Crippen LogP contribution in [0.2, 0.25) is 19.6 Å². The molecule has 0 aromatic heterocycles. The lowest BCUT2D eigenvalue weighted by Crippen LogP contribution is -2.35. The fourth-order valence-electron chi connectivity index (χ4n) is 1.15. The summed E-state index contributed by atoms with van der Waals surface area (Å²) in [7, 11) is -1.69. The van der Waals surface area contributed by atoms with E-state index in [1.807, 2.05) is 30.3 Å². The second-order valence-electron chi connectivity index (χ2n) is 4.39. The maximum atomic E-state index is 12.0. The second kappa shape index (κ2) is 4.40. The summed E-state index contributed by atoms with van der Waals surface area (Å²) in [4.78, 5) is 11.9. The van der Waals surface area contributed by atoms with Crippen LogP contribution in [0.3, 0.4) is 0 Å². The van der Waals surface area contributed by atoms with Crippen molar-refractivity contribution < 1.29 is 4.79 Å². The smallest absolute Gasteiger partial charge is 0.128 e. The van der Waals surface area contributed by atoms with Gasteiger partial charge in [0.25, 0.3) is 0 Å². The highest BCUT2D eigenvalue weighted by molar-refractivity contribution is 9.09. The van der Waals surface area contributed by atoms with Gasteiger partial charge in [0, 0.05) is 0 Å². The lowest BCUT2D eigenvalue weighted by Gasteiger charge is -2.18. The third kappa shape index (κ3) is 2.79. The monoisotopic (exact) mass is 270 g/mol. The summed E-state index contributed by atoms with van der Waals surface area (Å²) >= 11 is 3.47. The van der Waals surface area contributed by atoms with E-state index in [9.17, 15) is 4.79 Å². The van der Waals surface area contributed by atoms with Crippen LogP contribution >= 0.6 is 15.9 Å². The Labute approximate surface area is 94.7 Å². The van der Waals surface area contributed by atoms with E-state index in [4.69, 9.17) is 0 Å². The largest absolute Gasteiger partial charge is 0.304 e. The fourth-order valence-corrected chi connectivity index (χ4v) is 4.45. The summed E-state index contributed by atoms with van der Waals surface area (Å²) in [6.45, 7) is 6.23. The van der Waals surface area contributed by atoms with Crippen LogP contribution in [-0.4, -0.2) is 13.5 Å². The van der Waals surface area contributed by atoms with Gasteiger partial charge in [0.05, 0.1) is 4.83 Å². The molecule has 0 spiro atoms. The first-order valence-corrected chi connectivity index (χ1v) is 9.08. The average molecular weight is 271 g/mol. The molecule has 1 rings (SSSR count). The molecule has 1 aromatic rings. The van der Waals surface area contributed by atoms with E-state index in [0.717, 1.165) is 5.56 Å². The molecule has 1 atom stereocenters. The molecule has 0 N–H and O–H groups in total. The maximum Gasteiger partial charge on any atom is 0.128 e. The Hall–Kier alpha value is -0.413. The van der Waals surface area contributed by atoms with Crippen molar-refractivity contribution in [3.63, 3.8) is 0 Å². The van der Waals surface area contributed by atoms with Gasteiger partial charge in [0.15, 0.2) is 0 Å². The van der Waals surface area contributed by atoms with Gasteiger partial charge >= 0.3 is 0 Å². The van der Waals surface area contributed by atoms with Crippen molar-refractivity contribution >= 4 is 29.4 Å². The van der Waals surface area contributed by atoms with Crippen LogP contribution in [-0.2, 0) is 4.79 Å². The summed E-state index contributed by atoms with van der Waals surface area (Å²) < 4.78 is 0. The number of carbonyl (C=O) groups is 1. The van der Waals surface area contributed by atoms with Crippen LogP contribution in [0.15, 0.2) is 30.3 Å². The maximum absolute atomic E-state index is 12.0. The van der Waals surface area contributed by atoms with Crippen LogP contribution in [0.1, 0.15) is 10.4 Å². The van der Waals surface area contributed by atoms with E-state index >= 15 is 0 Å². The van der Waals surface area contributed by atoms with Crippen LogP contribution in [0.5, 0.6) is 0 Å². The molecule has 1 aromatic carbocycles. The van der Waals surface area contributed by atoms with Crippen LogP contribution < -0.4 is 0 Å². The zero-order chi connectivity index (χ0) is 10.8. The van der Waals surface area contributed by atoms with Crippen LogP contribution in [0.4, 0.5) is 0 Å². The molecule has 0 bridgehead atoms. The predicted octanol–water partition coefficient (Wildman–Crippen LogP) is 3.57. The average Bonchev–Trinajstić information content (AvgIpc) is 2.15. The Morgan fingerprint density at radius 2 is 1.71 bits per heavy atom. The Bertz CT molecular complexity index is 316. The number of carbonyl (C=O) groups excluding carboxylic acids is 1. The molecular formula is C11H15BrOSi. The molecule has 0 aliphatic rings. The Kier molecular flexibility index (Phi) is 3.67. The van der Waals surface area contributed by atoms with Crippen LogP contribution in [0, 0.1) is 0 Å². The highest BCUT2D eigenvalue weighted by atomic mass is 79.9. The molecule has 76 valence electrons. The van der Waals surface area contributed by atoms with Crippen molar-refractivity contribution in [1.29, 1.82) is 0 Å². The molecule has 0 aliphatic heterocycles. The first-order chi connectivity index (χ1) is 6.43. The number of hydrogen-bond donors (Lipinski definition) is 0. The normalized spacial score (nSPS) is 13.7. The van der Waals surface area contributed by atoms with Crippen molar-refractivity contribution in [3.8, 4) is 0 Å². The molecule has 1 unspecified atom stereocenters. The minimum Gasteiger partial charge on any atom is -0.304 e. The van der Waals surface area contributed by atoms with Gasteiger partial charge in [0.1, 0.15) is 13.5 Å². The zero-order valence-electron chi connectivity index (χ0n) is 8.75. The van der Waals surface area contributed by atoms with Crippen molar-refractivity contribution in [2.75, 3.05) is 0 Å². The second-order valence-corrected chi connectivity index (χ2v) is 10.3. The first kappa shape index (κ1) is 11.7. The summed E-state index contributed by atoms with van der Waals surface area (Å²) in [6, 6.07) is 9.85. The molecular weight excluding hydrogens is 256 g/mol. The van der Waals surface area contributed by atoms with Crippen molar-refractivity contribution in [2.45, 2.75) is 24.5 Å². The highest BCUT2D eigenvalue weighted by Crippen LogP contribution is 2.27. The molecule has 0 aliphatic carbocycles. The summed E-state index contributed by atoms with van der Waals surface area (Å²) in [6.07, 6.45) is 0. The number of rotatable bonds is 3. The SMILES string of the molecule is C[Si](C)(C)C(=O)C(Br)c1ccccc1. The molecule has 0 saturated heterocycles. The summed E-state index contributed by atoms with van der Waals surface area (Å²) in [5.74, 6) is 0. The molecule has 0 radical (unpaired) electrons. The predicted molar refractivity (Wildman–Crippen MR) is 66.5 cm³/mol. The van der Waals surface area contributed by atoms with Gasteiger partial charge in [-0.3, -0.25) is 0 Å². The fraction of sp³-hybridized carbons (Fsp3) is 0.364. The first-order valence-electron chi connectivity index (χ1n) is 4.66. The Morgan fingerprint density at radius 3 is 2.14 bits per heavy atom. The van der Waals surface area contributed by atoms with Crippen molar-refractivity contribution in [2.24, 2.45) is 0 Å². The zero-order valence-corrected chi connectivity index (χ0v) is 11.3. The molecule has 1 nitrogen and oxygen atoms in total. The lowest BCUT2D eigenvalue weighted by atomic mass is 10.2. The van der Waals surface area contributed by atoms with E-state index < -0.39 is 8.07 Å². The molecule has 0 saturated carbocycles. The summed E-state index contributed by atoms with van der Waals surface area (Å²) in [5.41, 5.74) is 1.06. The number of benzene rings is 1. The minimum absolute atomic E-state index is 0.129. The lowest BCUT2D eigenvalue weighted by molar-refractivity contribution is -0.112. The van der Waals surface area contributed by atoms with Gasteiger partial charge < -0.3 is 4.79 Å². The van der Waals surface area contributed by atoms with Crippen molar-refractivity contribution in [3.05, 3.63) is 35.9 Å². The van der Waals surface area contributed by atoms with E-state index in [-0.39, 0.29) is 4.83 Å². The quantitative estimate of drug-likeness (QED) is 0.606. The van der Waals surface area contributed by atoms with E-state index in [1.165, 1.54) is 0 Å². The van der Waals surface area contributed by atoms with Gasteiger partial charge in [-0.05, 0) is 5.56 Å². The van der Waals surface area contributed by atoms with Gasteiger partial charge in [-0.15, -0.1) is 0 Å². The van der Waals surface area contributed by atoms with Gasteiger partial charge in [0.2, 0.25) is 0 Å². The topological polar surface area (TPSA) is 17.1 Å². The molecule has 3 heteroatoms. The number of alkyl halides is 1. The minimum atomic E-state index is -1.69. The summed E-state index contributed by atoms with van der Waals surface area (Å²) in [5, 5.41) is 0.351. The molecule has 0 amide bonds. The van der Waals surface area contributed by atoms with E-state index in [1.54, 1.807) is 0 Å². The molecule has 14 heavy (non-hydrogen) atoms. The molecule has 0 heterocycles. The standard InChI is InChI=1S/C11H15BrOSi/c1-14(2,3)11(13)10(12)9-7-5-4-6-8-9/h4-8,10H,1-3H3. The van der Waals surface area contributed by atoms with Gasteiger partial charge in [-0.1, -0.05) is 65.9 Å². The molecule has 0 fully saturated rings. The Balaban J connectivity index is 2.87. The van der Waals surface area contributed by atoms with E-state index in [0.29, 0.717) is 5.41 Å². The van der Waals surface area contributed by atoms with Crippen LogP contribution in [0.25, 0.3) is 0 Å². The number of halogens is 1.